The van der Waals surface area contributed by atoms with Gasteiger partial charge in [-0.3, -0.25) is 4.79 Å². The third-order valence-electron chi connectivity index (χ3n) is 1.74. The number of nitrogens with zero attached hydrogens (tertiary/aromatic N) is 2. The van der Waals surface area contributed by atoms with Gasteiger partial charge in [0.2, 0.25) is 5.28 Å². The summed E-state index contributed by atoms with van der Waals surface area (Å²) in [4.78, 5) is 18.6. The summed E-state index contributed by atoms with van der Waals surface area (Å²) in [6.45, 7) is 1.68. The minimum Gasteiger partial charge on any atom is -0.468 e. The molecular weight excluding hydrogens is 220 g/mol. The third-order valence-corrected chi connectivity index (χ3v) is 1.91. The number of hydrogen-bond acceptors (Lipinski definition) is 6. The summed E-state index contributed by atoms with van der Waals surface area (Å²) >= 11 is 5.64. The summed E-state index contributed by atoms with van der Waals surface area (Å²) in [5, 5.41) is 2.79. The molecule has 7 heteroatoms. The number of aromatic nitrogens is 2. The number of anilines is 2. The summed E-state index contributed by atoms with van der Waals surface area (Å²) in [7, 11) is 1.30. The van der Waals surface area contributed by atoms with Crippen molar-refractivity contribution in [2.45, 2.75) is 6.92 Å². The van der Waals surface area contributed by atoms with Crippen LogP contribution in [0.25, 0.3) is 0 Å². The Bertz CT molecular complexity index is 383. The molecule has 0 aliphatic rings. The van der Waals surface area contributed by atoms with Gasteiger partial charge in [0, 0.05) is 0 Å². The Labute approximate surface area is 91.8 Å². The lowest BCUT2D eigenvalue weighted by atomic mass is 10.3. The predicted molar refractivity (Wildman–Crippen MR) is 56.7 cm³/mol. The predicted octanol–water partition coefficient (Wildman–Crippen LogP) is 0.606. The Morgan fingerprint density at radius 3 is 2.87 bits per heavy atom. The molecule has 0 radical (unpaired) electrons. The molecule has 0 aromatic carbocycles. The molecule has 0 amide bonds. The molecule has 1 aromatic heterocycles. The fourth-order valence-electron chi connectivity index (χ4n) is 0.910. The average molecular weight is 231 g/mol. The van der Waals surface area contributed by atoms with Crippen LogP contribution in [0.5, 0.6) is 0 Å². The first kappa shape index (κ1) is 11.5. The first-order chi connectivity index (χ1) is 7.04. The maximum atomic E-state index is 10.9. The largest absolute Gasteiger partial charge is 0.468 e. The molecule has 0 fully saturated rings. The molecule has 0 saturated carbocycles. The lowest BCUT2D eigenvalue weighted by molar-refractivity contribution is -0.138. The molecule has 6 nitrogen and oxygen atoms in total. The number of carbonyl (C=O) groups is 1. The molecular formula is C8H11ClN4O2. The molecule has 1 heterocycles. The third kappa shape index (κ3) is 2.95. The van der Waals surface area contributed by atoms with Crippen LogP contribution < -0.4 is 11.1 Å². The fraction of sp³-hybridized carbons (Fsp3) is 0.375. The van der Waals surface area contributed by atoms with Crippen LogP contribution in [0.1, 0.15) is 5.69 Å². The highest BCUT2D eigenvalue weighted by atomic mass is 35.5. The summed E-state index contributed by atoms with van der Waals surface area (Å²) in [6, 6.07) is 0. The van der Waals surface area contributed by atoms with E-state index in [9.17, 15) is 4.79 Å². The monoisotopic (exact) mass is 230 g/mol. The summed E-state index contributed by atoms with van der Waals surface area (Å²) in [6.07, 6.45) is 0. The molecule has 0 atom stereocenters. The number of esters is 1. The van der Waals surface area contributed by atoms with Crippen molar-refractivity contribution in [3.63, 3.8) is 0 Å². The van der Waals surface area contributed by atoms with E-state index in [0.717, 1.165) is 0 Å². The molecule has 82 valence electrons. The van der Waals surface area contributed by atoms with Gasteiger partial charge in [-0.25, -0.2) is 4.98 Å². The van der Waals surface area contributed by atoms with E-state index >= 15 is 0 Å². The van der Waals surface area contributed by atoms with Crippen molar-refractivity contribution in [3.05, 3.63) is 11.0 Å². The Balaban J connectivity index is 2.81. The van der Waals surface area contributed by atoms with Crippen LogP contribution in [0.15, 0.2) is 0 Å². The van der Waals surface area contributed by atoms with Gasteiger partial charge in [0.1, 0.15) is 6.54 Å². The Morgan fingerprint density at radius 1 is 1.60 bits per heavy atom. The zero-order valence-corrected chi connectivity index (χ0v) is 9.13. The highest BCUT2D eigenvalue weighted by Gasteiger charge is 2.08. The van der Waals surface area contributed by atoms with E-state index < -0.39 is 5.97 Å². The minimum absolute atomic E-state index is 0.0204. The molecule has 1 aromatic rings. The summed E-state index contributed by atoms with van der Waals surface area (Å²) in [5.41, 5.74) is 6.60. The molecule has 15 heavy (non-hydrogen) atoms. The molecule has 0 aliphatic carbocycles. The molecule has 1 rings (SSSR count). The molecule has 0 unspecified atom stereocenters. The second-order valence-electron chi connectivity index (χ2n) is 2.77. The molecule has 0 saturated heterocycles. The van der Waals surface area contributed by atoms with E-state index in [1.165, 1.54) is 7.11 Å². The number of aryl methyl sites for hydroxylation is 1. The van der Waals surface area contributed by atoms with Gasteiger partial charge in [-0.1, -0.05) is 0 Å². The van der Waals surface area contributed by atoms with Crippen molar-refractivity contribution in [1.29, 1.82) is 0 Å². The lowest BCUT2D eigenvalue weighted by Gasteiger charge is -2.08. The van der Waals surface area contributed by atoms with Crippen LogP contribution in [0.2, 0.25) is 5.28 Å². The van der Waals surface area contributed by atoms with Gasteiger partial charge >= 0.3 is 5.97 Å². The molecule has 0 aliphatic heterocycles. The maximum Gasteiger partial charge on any atom is 0.325 e. The number of carbonyl (C=O) groups excluding carboxylic acids is 1. The van der Waals surface area contributed by atoms with Crippen molar-refractivity contribution in [3.8, 4) is 0 Å². The van der Waals surface area contributed by atoms with Crippen molar-refractivity contribution < 1.29 is 9.53 Å². The Morgan fingerprint density at radius 2 is 2.27 bits per heavy atom. The number of nitrogens with one attached hydrogen (secondary N) is 1. The number of halogens is 1. The zero-order valence-electron chi connectivity index (χ0n) is 8.37. The van der Waals surface area contributed by atoms with Crippen molar-refractivity contribution in [2.75, 3.05) is 24.7 Å². The van der Waals surface area contributed by atoms with E-state index in [0.29, 0.717) is 17.2 Å². The summed E-state index contributed by atoms with van der Waals surface area (Å²) < 4.78 is 4.45. The van der Waals surface area contributed by atoms with Gasteiger partial charge < -0.3 is 15.8 Å². The van der Waals surface area contributed by atoms with Crippen LogP contribution >= 0.6 is 11.6 Å². The first-order valence-electron chi connectivity index (χ1n) is 4.15. The zero-order chi connectivity index (χ0) is 11.4. The standard InChI is InChI=1S/C8H11ClN4O2/c1-4-6(10)7(13-8(9)12-4)11-3-5(14)15-2/h3,10H2,1-2H3,(H,11,12,13). The average Bonchev–Trinajstić information content (AvgIpc) is 2.20. The highest BCUT2D eigenvalue weighted by Crippen LogP contribution is 2.19. The number of ether oxygens (including phenoxy) is 1. The van der Waals surface area contributed by atoms with Gasteiger partial charge in [-0.15, -0.1) is 0 Å². The van der Waals surface area contributed by atoms with Crippen LogP contribution in [0, 0.1) is 6.92 Å². The highest BCUT2D eigenvalue weighted by molar-refractivity contribution is 6.28. The van der Waals surface area contributed by atoms with Gasteiger partial charge in [-0.2, -0.15) is 4.98 Å². The molecule has 3 N–H and O–H groups in total. The lowest BCUT2D eigenvalue weighted by Crippen LogP contribution is -2.17. The van der Waals surface area contributed by atoms with Gasteiger partial charge in [0.15, 0.2) is 5.82 Å². The Kier molecular flexibility index (Phi) is 3.68. The second kappa shape index (κ2) is 4.79. The molecule has 0 bridgehead atoms. The van der Waals surface area contributed by atoms with Crippen LogP contribution in [0.3, 0.4) is 0 Å². The summed E-state index contributed by atoms with van der Waals surface area (Å²) in [5.74, 6) is -0.0836. The van der Waals surface area contributed by atoms with Gasteiger partial charge in [0.05, 0.1) is 18.5 Å². The van der Waals surface area contributed by atoms with E-state index in [1.807, 2.05) is 0 Å². The molecule has 0 spiro atoms. The van der Waals surface area contributed by atoms with Crippen LogP contribution in [0.4, 0.5) is 11.5 Å². The topological polar surface area (TPSA) is 90.1 Å². The van der Waals surface area contributed by atoms with Crippen molar-refractivity contribution >= 4 is 29.1 Å². The quantitative estimate of drug-likeness (QED) is 0.584. The van der Waals surface area contributed by atoms with Crippen molar-refractivity contribution in [1.82, 2.24) is 9.97 Å². The van der Waals surface area contributed by atoms with E-state index in [1.54, 1.807) is 6.92 Å². The smallest absolute Gasteiger partial charge is 0.325 e. The number of nitrogen functional groups attached to an aromatic ring is 1. The van der Waals surface area contributed by atoms with E-state index in [4.69, 9.17) is 17.3 Å². The number of hydrogen-bond donors (Lipinski definition) is 2. The number of rotatable bonds is 3. The van der Waals surface area contributed by atoms with Crippen molar-refractivity contribution in [2.24, 2.45) is 0 Å². The number of nitrogens with two attached hydrogens (primary N) is 1. The van der Waals surface area contributed by atoms with Crippen LogP contribution in [-0.4, -0.2) is 29.6 Å². The SMILES string of the molecule is COC(=O)CNc1nc(Cl)nc(C)c1N. The van der Waals surface area contributed by atoms with Gasteiger partial charge in [0.25, 0.3) is 0 Å². The van der Waals surface area contributed by atoms with Crippen LogP contribution in [-0.2, 0) is 9.53 Å². The number of methoxy groups -OCH3 is 1. The Hall–Kier alpha value is -1.56. The normalized spacial score (nSPS) is 9.80. The first-order valence-corrected chi connectivity index (χ1v) is 4.52. The van der Waals surface area contributed by atoms with E-state index in [2.05, 4.69) is 20.0 Å². The van der Waals surface area contributed by atoms with Gasteiger partial charge in [-0.05, 0) is 18.5 Å². The maximum absolute atomic E-state index is 10.9. The minimum atomic E-state index is -0.415. The second-order valence-corrected chi connectivity index (χ2v) is 3.11. The fourth-order valence-corrected chi connectivity index (χ4v) is 1.12. The van der Waals surface area contributed by atoms with E-state index in [-0.39, 0.29) is 11.8 Å².